The van der Waals surface area contributed by atoms with E-state index in [9.17, 15) is 9.90 Å². The molecule has 4 aliphatic carbocycles. The van der Waals surface area contributed by atoms with E-state index in [0.29, 0.717) is 34.8 Å². The molecule has 196 valence electrons. The SMILES string of the molecule is COc1cc(OC)cc(C(=O)N/N=C(\C)C2CCC3C4CC=C5CC(O)CCC5(C)C4CCC23C)c1. The first kappa shape index (κ1) is 25.3. The Bertz CT molecular complexity index is 1060. The molecule has 6 nitrogen and oxygen atoms in total. The number of hydrogen-bond acceptors (Lipinski definition) is 5. The maximum atomic E-state index is 12.9. The lowest BCUT2D eigenvalue weighted by atomic mass is 9.47. The standard InChI is InChI=1S/C30H42N2O4/c1-18(31-32-28(34)19-14-22(35-4)17-23(15-19)36-5)25-8-9-26-24-7-6-20-16-21(33)10-12-29(20,2)27(24)11-13-30(25,26)3/h6,14-15,17,21,24-27,33H,7-13,16H2,1-5H3,(H,32,34)/b31-18+. The predicted octanol–water partition coefficient (Wildman–Crippen LogP) is 5.75. The molecule has 6 heteroatoms. The number of carbonyl (C=O) groups is 1. The Labute approximate surface area is 215 Å². The average Bonchev–Trinajstić information content (AvgIpc) is 3.24. The number of nitrogens with one attached hydrogen (secondary N) is 1. The van der Waals surface area contributed by atoms with Crippen molar-refractivity contribution in [1.82, 2.24) is 5.43 Å². The van der Waals surface area contributed by atoms with Crippen LogP contribution < -0.4 is 14.9 Å². The van der Waals surface area contributed by atoms with E-state index >= 15 is 0 Å². The topological polar surface area (TPSA) is 80.2 Å². The van der Waals surface area contributed by atoms with Crippen molar-refractivity contribution in [2.75, 3.05) is 14.2 Å². The third-order valence-electron chi connectivity index (χ3n) is 10.5. The molecule has 0 spiro atoms. The highest BCUT2D eigenvalue weighted by molar-refractivity contribution is 5.96. The van der Waals surface area contributed by atoms with Crippen molar-refractivity contribution < 1.29 is 19.4 Å². The molecule has 5 rings (SSSR count). The number of aliphatic hydroxyl groups excluding tert-OH is 1. The second kappa shape index (κ2) is 9.51. The highest BCUT2D eigenvalue weighted by Crippen LogP contribution is 2.66. The van der Waals surface area contributed by atoms with Gasteiger partial charge < -0.3 is 14.6 Å². The van der Waals surface area contributed by atoms with Crippen LogP contribution in [0.5, 0.6) is 11.5 Å². The Kier molecular flexibility index (Phi) is 6.69. The molecule has 1 aromatic rings. The molecule has 0 aliphatic heterocycles. The van der Waals surface area contributed by atoms with E-state index in [4.69, 9.17) is 9.47 Å². The van der Waals surface area contributed by atoms with Gasteiger partial charge in [-0.15, -0.1) is 0 Å². The van der Waals surface area contributed by atoms with Crippen LogP contribution in [0.25, 0.3) is 0 Å². The number of rotatable bonds is 5. The maximum Gasteiger partial charge on any atom is 0.271 e. The van der Waals surface area contributed by atoms with Crippen LogP contribution in [0.3, 0.4) is 0 Å². The Morgan fingerprint density at radius 1 is 1.03 bits per heavy atom. The van der Waals surface area contributed by atoms with Gasteiger partial charge in [0, 0.05) is 23.3 Å². The number of ether oxygens (including phenoxy) is 2. The molecular weight excluding hydrogens is 452 g/mol. The number of carbonyl (C=O) groups excluding carboxylic acids is 1. The van der Waals surface area contributed by atoms with Crippen molar-refractivity contribution in [1.29, 1.82) is 0 Å². The van der Waals surface area contributed by atoms with Gasteiger partial charge >= 0.3 is 0 Å². The van der Waals surface area contributed by atoms with Crippen molar-refractivity contribution in [2.45, 2.75) is 78.2 Å². The molecule has 1 amide bonds. The van der Waals surface area contributed by atoms with Gasteiger partial charge in [0.2, 0.25) is 0 Å². The van der Waals surface area contributed by atoms with Gasteiger partial charge in [-0.1, -0.05) is 25.5 Å². The first-order valence-electron chi connectivity index (χ1n) is 13.6. The smallest absolute Gasteiger partial charge is 0.271 e. The van der Waals surface area contributed by atoms with Crippen LogP contribution in [0.1, 0.15) is 82.5 Å². The summed E-state index contributed by atoms with van der Waals surface area (Å²) < 4.78 is 10.6. The van der Waals surface area contributed by atoms with Crippen molar-refractivity contribution in [3.63, 3.8) is 0 Å². The Hall–Kier alpha value is -2.34. The molecule has 7 unspecified atom stereocenters. The first-order valence-corrected chi connectivity index (χ1v) is 13.6. The summed E-state index contributed by atoms with van der Waals surface area (Å²) in [6.07, 6.45) is 11.2. The van der Waals surface area contributed by atoms with Crippen molar-refractivity contribution in [3.8, 4) is 11.5 Å². The molecule has 2 N–H and O–H groups in total. The Balaban J connectivity index is 1.31. The number of aliphatic hydroxyl groups is 1. The summed E-state index contributed by atoms with van der Waals surface area (Å²) in [5.41, 5.74) is 6.30. The molecular formula is C30H42N2O4. The van der Waals surface area contributed by atoms with E-state index in [-0.39, 0.29) is 22.8 Å². The summed E-state index contributed by atoms with van der Waals surface area (Å²) in [7, 11) is 3.15. The van der Waals surface area contributed by atoms with Crippen LogP contribution >= 0.6 is 0 Å². The fourth-order valence-corrected chi connectivity index (χ4v) is 8.55. The van der Waals surface area contributed by atoms with Gasteiger partial charge in [-0.05, 0) is 99.0 Å². The zero-order valence-electron chi connectivity index (χ0n) is 22.5. The maximum absolute atomic E-state index is 12.9. The molecule has 0 bridgehead atoms. The second-order valence-corrected chi connectivity index (χ2v) is 12.1. The van der Waals surface area contributed by atoms with Crippen LogP contribution in [-0.4, -0.2) is 37.0 Å². The molecule has 0 aromatic heterocycles. The molecule has 3 fully saturated rings. The minimum Gasteiger partial charge on any atom is -0.497 e. The van der Waals surface area contributed by atoms with E-state index in [0.717, 1.165) is 43.7 Å². The molecule has 0 saturated heterocycles. The van der Waals surface area contributed by atoms with Crippen LogP contribution in [0.2, 0.25) is 0 Å². The molecule has 0 heterocycles. The lowest BCUT2D eigenvalue weighted by molar-refractivity contribution is -0.0423. The van der Waals surface area contributed by atoms with Gasteiger partial charge in [0.15, 0.2) is 0 Å². The number of nitrogens with zero attached hydrogens (tertiary/aromatic N) is 1. The average molecular weight is 495 g/mol. The Morgan fingerprint density at radius 3 is 2.44 bits per heavy atom. The number of hydrazone groups is 1. The fraction of sp³-hybridized carbons (Fsp3) is 0.667. The highest BCUT2D eigenvalue weighted by Gasteiger charge is 2.59. The quantitative estimate of drug-likeness (QED) is 0.310. The monoisotopic (exact) mass is 494 g/mol. The normalized spacial score (nSPS) is 37.8. The van der Waals surface area contributed by atoms with E-state index in [1.54, 1.807) is 32.4 Å². The number of methoxy groups -OCH3 is 2. The van der Waals surface area contributed by atoms with Gasteiger partial charge in [-0.25, -0.2) is 5.43 Å². The van der Waals surface area contributed by atoms with Crippen LogP contribution in [0.4, 0.5) is 0 Å². The predicted molar refractivity (Wildman–Crippen MR) is 141 cm³/mol. The third-order valence-corrected chi connectivity index (χ3v) is 10.5. The molecule has 36 heavy (non-hydrogen) atoms. The van der Waals surface area contributed by atoms with Crippen LogP contribution in [0, 0.1) is 34.5 Å². The van der Waals surface area contributed by atoms with Gasteiger partial charge in [0.05, 0.1) is 20.3 Å². The highest BCUT2D eigenvalue weighted by atomic mass is 16.5. The lowest BCUT2D eigenvalue weighted by Crippen LogP contribution is -2.51. The van der Waals surface area contributed by atoms with Crippen molar-refractivity contribution >= 4 is 11.6 Å². The first-order chi connectivity index (χ1) is 17.2. The largest absolute Gasteiger partial charge is 0.497 e. The number of allylic oxidation sites excluding steroid dienone is 1. The van der Waals surface area contributed by atoms with Crippen molar-refractivity contribution in [3.05, 3.63) is 35.4 Å². The molecule has 0 radical (unpaired) electrons. The van der Waals surface area contributed by atoms with E-state index in [1.807, 2.05) is 0 Å². The number of hydrogen-bond donors (Lipinski definition) is 2. The van der Waals surface area contributed by atoms with E-state index in [1.165, 1.54) is 24.8 Å². The summed E-state index contributed by atoms with van der Waals surface area (Å²) in [4.78, 5) is 12.9. The van der Waals surface area contributed by atoms with Gasteiger partial charge in [-0.2, -0.15) is 5.10 Å². The van der Waals surface area contributed by atoms with E-state index in [2.05, 4.69) is 37.4 Å². The summed E-state index contributed by atoms with van der Waals surface area (Å²) in [5, 5.41) is 14.9. The molecule has 7 atom stereocenters. The summed E-state index contributed by atoms with van der Waals surface area (Å²) in [6.45, 7) is 7.04. The van der Waals surface area contributed by atoms with Crippen LogP contribution in [0.15, 0.2) is 34.9 Å². The zero-order chi connectivity index (χ0) is 25.7. The lowest BCUT2D eigenvalue weighted by Gasteiger charge is -2.58. The fourth-order valence-electron chi connectivity index (χ4n) is 8.55. The van der Waals surface area contributed by atoms with Gasteiger partial charge in [0.1, 0.15) is 11.5 Å². The zero-order valence-corrected chi connectivity index (χ0v) is 22.5. The van der Waals surface area contributed by atoms with Gasteiger partial charge in [0.25, 0.3) is 5.91 Å². The third kappa shape index (κ3) is 4.15. The van der Waals surface area contributed by atoms with E-state index < -0.39 is 0 Å². The Morgan fingerprint density at radius 2 is 1.75 bits per heavy atom. The number of benzene rings is 1. The van der Waals surface area contributed by atoms with Gasteiger partial charge in [-0.3, -0.25) is 4.79 Å². The number of amides is 1. The molecule has 3 saturated carbocycles. The number of fused-ring (bicyclic) bond motifs is 5. The molecule has 1 aromatic carbocycles. The summed E-state index contributed by atoms with van der Waals surface area (Å²) >= 11 is 0. The minimum absolute atomic E-state index is 0.155. The molecule has 4 aliphatic rings. The minimum atomic E-state index is -0.257. The van der Waals surface area contributed by atoms with Crippen molar-refractivity contribution in [2.24, 2.45) is 39.6 Å². The van der Waals surface area contributed by atoms with Crippen LogP contribution in [-0.2, 0) is 0 Å². The summed E-state index contributed by atoms with van der Waals surface area (Å²) in [6, 6.07) is 5.15. The summed E-state index contributed by atoms with van der Waals surface area (Å²) in [5.74, 6) is 3.41. The second-order valence-electron chi connectivity index (χ2n) is 12.1.